The molecule has 2 nitrogen and oxygen atoms in total. The summed E-state index contributed by atoms with van der Waals surface area (Å²) >= 11 is 0. The van der Waals surface area contributed by atoms with E-state index in [1.54, 1.807) is 0 Å². The van der Waals surface area contributed by atoms with Crippen molar-refractivity contribution in [1.82, 2.24) is 4.90 Å². The molecule has 1 aliphatic carbocycles. The lowest BCUT2D eigenvalue weighted by Gasteiger charge is -2.22. The predicted molar refractivity (Wildman–Crippen MR) is 88.8 cm³/mol. The summed E-state index contributed by atoms with van der Waals surface area (Å²) < 4.78 is 0. The first-order chi connectivity index (χ1) is 10.1. The second-order valence-electron chi connectivity index (χ2n) is 6.75. The van der Waals surface area contributed by atoms with Gasteiger partial charge in [-0.3, -0.25) is 9.69 Å². The monoisotopic (exact) mass is 287 g/mol. The van der Waals surface area contributed by atoms with Crippen molar-refractivity contribution in [2.75, 3.05) is 13.1 Å². The molecule has 21 heavy (non-hydrogen) atoms. The Labute approximate surface area is 129 Å². The van der Waals surface area contributed by atoms with Gasteiger partial charge in [0.1, 0.15) is 0 Å². The van der Waals surface area contributed by atoms with Gasteiger partial charge in [0.25, 0.3) is 0 Å². The highest BCUT2D eigenvalue weighted by Gasteiger charge is 2.30. The maximum absolute atomic E-state index is 12.5. The van der Waals surface area contributed by atoms with Gasteiger partial charge in [0.15, 0.2) is 5.78 Å². The topological polar surface area (TPSA) is 20.3 Å². The predicted octanol–water partition coefficient (Wildman–Crippen LogP) is 4.33. The van der Waals surface area contributed by atoms with Gasteiger partial charge in [-0.25, -0.2) is 0 Å². The summed E-state index contributed by atoms with van der Waals surface area (Å²) in [5.74, 6) is 0.975. The van der Waals surface area contributed by atoms with Crippen molar-refractivity contribution < 1.29 is 4.79 Å². The van der Waals surface area contributed by atoms with Crippen LogP contribution in [0.25, 0.3) is 0 Å². The molecule has 2 rings (SSSR count). The lowest BCUT2D eigenvalue weighted by Crippen LogP contribution is -2.33. The van der Waals surface area contributed by atoms with E-state index in [9.17, 15) is 4.79 Å². The van der Waals surface area contributed by atoms with Gasteiger partial charge in [0, 0.05) is 11.6 Å². The number of rotatable bonds is 9. The minimum absolute atomic E-state index is 0.272. The van der Waals surface area contributed by atoms with Crippen LogP contribution in [-0.2, 0) is 6.42 Å². The summed E-state index contributed by atoms with van der Waals surface area (Å²) in [5.41, 5.74) is 2.19. The Balaban J connectivity index is 1.91. The first-order valence-corrected chi connectivity index (χ1v) is 8.46. The van der Waals surface area contributed by atoms with Crippen LogP contribution in [0.5, 0.6) is 0 Å². The maximum Gasteiger partial charge on any atom is 0.176 e. The molecule has 1 fully saturated rings. The van der Waals surface area contributed by atoms with Crippen LogP contribution < -0.4 is 0 Å². The molecular formula is C19H29NO. The Kier molecular flexibility index (Phi) is 5.98. The van der Waals surface area contributed by atoms with Crippen molar-refractivity contribution in [3.05, 3.63) is 35.4 Å². The lowest BCUT2D eigenvalue weighted by molar-refractivity contribution is 0.0920. The molecule has 0 amide bonds. The molecule has 0 aliphatic heterocycles. The third-order valence-electron chi connectivity index (χ3n) is 4.22. The van der Waals surface area contributed by atoms with Crippen molar-refractivity contribution in [3.8, 4) is 0 Å². The zero-order chi connectivity index (χ0) is 15.2. The number of hydrogen-bond donors (Lipinski definition) is 0. The highest BCUT2D eigenvalue weighted by atomic mass is 16.1. The summed E-state index contributed by atoms with van der Waals surface area (Å²) in [7, 11) is 0. The normalized spacial score (nSPS) is 14.9. The fraction of sp³-hybridized carbons (Fsp3) is 0.632. The Morgan fingerprint density at radius 2 is 1.90 bits per heavy atom. The van der Waals surface area contributed by atoms with E-state index in [2.05, 4.69) is 37.8 Å². The smallest absolute Gasteiger partial charge is 0.176 e. The molecule has 1 aliphatic rings. The van der Waals surface area contributed by atoms with Gasteiger partial charge in [0.05, 0.1) is 6.54 Å². The second kappa shape index (κ2) is 7.74. The summed E-state index contributed by atoms with van der Waals surface area (Å²) in [6, 6.07) is 8.87. The molecule has 0 saturated heterocycles. The fourth-order valence-corrected chi connectivity index (χ4v) is 2.68. The Hall–Kier alpha value is -1.15. The van der Waals surface area contributed by atoms with Crippen molar-refractivity contribution in [1.29, 1.82) is 0 Å². The average Bonchev–Trinajstić information content (AvgIpc) is 3.28. The van der Waals surface area contributed by atoms with E-state index >= 15 is 0 Å². The van der Waals surface area contributed by atoms with Crippen LogP contribution in [-0.4, -0.2) is 29.8 Å². The van der Waals surface area contributed by atoms with Gasteiger partial charge >= 0.3 is 0 Å². The zero-order valence-electron chi connectivity index (χ0n) is 13.8. The second-order valence-corrected chi connectivity index (χ2v) is 6.75. The molecule has 1 aromatic carbocycles. The Bertz CT molecular complexity index is 445. The van der Waals surface area contributed by atoms with E-state index in [0.29, 0.717) is 18.5 Å². The third kappa shape index (κ3) is 5.28. The van der Waals surface area contributed by atoms with Crippen molar-refractivity contribution in [2.45, 2.75) is 58.9 Å². The largest absolute Gasteiger partial charge is 0.293 e. The molecule has 0 aromatic heterocycles. The Morgan fingerprint density at radius 3 is 2.43 bits per heavy atom. The molecular weight excluding hydrogens is 258 g/mol. The van der Waals surface area contributed by atoms with E-state index in [4.69, 9.17) is 0 Å². The fourth-order valence-electron chi connectivity index (χ4n) is 2.68. The quantitative estimate of drug-likeness (QED) is 0.630. The van der Waals surface area contributed by atoms with E-state index in [0.717, 1.165) is 24.9 Å². The number of benzene rings is 1. The number of Topliss-reactive ketones (excluding diaryl/α,β-unsaturated/α-hetero) is 1. The molecule has 0 bridgehead atoms. The van der Waals surface area contributed by atoms with Crippen LogP contribution >= 0.6 is 0 Å². The first kappa shape index (κ1) is 16.2. The summed E-state index contributed by atoms with van der Waals surface area (Å²) in [5, 5.41) is 0. The summed E-state index contributed by atoms with van der Waals surface area (Å²) in [6.07, 6.45) is 5.95. The zero-order valence-corrected chi connectivity index (χ0v) is 13.8. The summed E-state index contributed by atoms with van der Waals surface area (Å²) in [4.78, 5) is 14.9. The maximum atomic E-state index is 12.5. The number of nitrogens with zero attached hydrogens (tertiary/aromatic N) is 1. The average molecular weight is 287 g/mol. The minimum atomic E-state index is 0.272. The van der Waals surface area contributed by atoms with Gasteiger partial charge in [-0.05, 0) is 43.7 Å². The van der Waals surface area contributed by atoms with Crippen molar-refractivity contribution >= 4 is 5.78 Å². The van der Waals surface area contributed by atoms with E-state index in [-0.39, 0.29) is 5.78 Å². The molecule has 0 atom stereocenters. The number of ketones is 1. The summed E-state index contributed by atoms with van der Waals surface area (Å²) in [6.45, 7) is 8.33. The van der Waals surface area contributed by atoms with Crippen molar-refractivity contribution in [2.24, 2.45) is 5.92 Å². The van der Waals surface area contributed by atoms with Crippen LogP contribution in [0.1, 0.15) is 62.4 Å². The lowest BCUT2D eigenvalue weighted by atomic mass is 10.0. The molecule has 0 unspecified atom stereocenters. The molecule has 1 aromatic rings. The van der Waals surface area contributed by atoms with Crippen LogP contribution in [0.3, 0.4) is 0 Å². The standard InChI is InChI=1S/C19H29NO/c1-4-5-16-6-8-17(9-7-16)19(21)14-20(18-10-11-18)13-12-15(2)3/h6-9,15,18H,4-5,10-14H2,1-3H3. The third-order valence-corrected chi connectivity index (χ3v) is 4.22. The molecule has 0 heterocycles. The van der Waals surface area contributed by atoms with Gasteiger partial charge < -0.3 is 0 Å². The molecule has 0 N–H and O–H groups in total. The number of aryl methyl sites for hydroxylation is 1. The number of carbonyl (C=O) groups excluding carboxylic acids is 1. The minimum Gasteiger partial charge on any atom is -0.293 e. The number of carbonyl (C=O) groups is 1. The van der Waals surface area contributed by atoms with Crippen molar-refractivity contribution in [3.63, 3.8) is 0 Å². The van der Waals surface area contributed by atoms with Crippen LogP contribution in [0, 0.1) is 5.92 Å². The van der Waals surface area contributed by atoms with Gasteiger partial charge in [-0.2, -0.15) is 0 Å². The van der Waals surface area contributed by atoms with E-state index in [1.807, 2.05) is 12.1 Å². The molecule has 2 heteroatoms. The van der Waals surface area contributed by atoms with Crippen LogP contribution in [0.2, 0.25) is 0 Å². The highest BCUT2D eigenvalue weighted by molar-refractivity contribution is 5.97. The Morgan fingerprint density at radius 1 is 1.24 bits per heavy atom. The molecule has 0 radical (unpaired) electrons. The van der Waals surface area contributed by atoms with Gasteiger partial charge in [-0.1, -0.05) is 51.5 Å². The first-order valence-electron chi connectivity index (χ1n) is 8.46. The van der Waals surface area contributed by atoms with Crippen LogP contribution in [0.15, 0.2) is 24.3 Å². The SMILES string of the molecule is CCCc1ccc(C(=O)CN(CCC(C)C)C2CC2)cc1. The van der Waals surface area contributed by atoms with Gasteiger partial charge in [0.2, 0.25) is 0 Å². The van der Waals surface area contributed by atoms with Crippen LogP contribution in [0.4, 0.5) is 0 Å². The molecule has 0 spiro atoms. The number of hydrogen-bond acceptors (Lipinski definition) is 2. The molecule has 116 valence electrons. The highest BCUT2D eigenvalue weighted by Crippen LogP contribution is 2.27. The van der Waals surface area contributed by atoms with E-state index in [1.165, 1.54) is 24.8 Å². The van der Waals surface area contributed by atoms with Gasteiger partial charge in [-0.15, -0.1) is 0 Å². The molecule has 1 saturated carbocycles. The van der Waals surface area contributed by atoms with E-state index < -0.39 is 0 Å².